The zero-order valence-electron chi connectivity index (χ0n) is 25.4. The van der Waals surface area contributed by atoms with E-state index in [0.29, 0.717) is 47.7 Å². The summed E-state index contributed by atoms with van der Waals surface area (Å²) in [7, 11) is 0. The number of carboxylic acid groups (broad SMARTS) is 1. The van der Waals surface area contributed by atoms with E-state index in [-0.39, 0.29) is 16.8 Å². The molecule has 9 heteroatoms. The predicted octanol–water partition coefficient (Wildman–Crippen LogP) is 7.56. The van der Waals surface area contributed by atoms with Crippen LogP contribution in [0.4, 0.5) is 0 Å². The van der Waals surface area contributed by atoms with Crippen LogP contribution in [-0.2, 0) is 29.3 Å². The highest BCUT2D eigenvalue weighted by molar-refractivity contribution is 8.26. The third-order valence-corrected chi connectivity index (χ3v) is 8.80. The van der Waals surface area contributed by atoms with Crippen LogP contribution in [0.2, 0.25) is 0 Å². The first kappa shape index (κ1) is 32.7. The maximum absolute atomic E-state index is 14.4. The Labute approximate surface area is 278 Å². The number of rotatable bonds is 13. The molecule has 1 aliphatic heterocycles. The lowest BCUT2D eigenvalue weighted by Crippen LogP contribution is -2.43. The molecule has 0 spiro atoms. The molecule has 1 fully saturated rings. The lowest BCUT2D eigenvalue weighted by molar-refractivity contribution is -0.145. The molecule has 46 heavy (non-hydrogen) atoms. The SMILES string of the molecule is CCCC(C(=O)O)N1C(=O)C(=Cc2ccc(OCc3ccccc3)c(C(=O)N(Cc3ccccc3)Cc3ccccc3)c2)SC1=S. The average Bonchev–Trinajstić information content (AvgIpc) is 3.34. The van der Waals surface area contributed by atoms with Gasteiger partial charge in [-0.2, -0.15) is 0 Å². The molecule has 0 aliphatic carbocycles. The first-order chi connectivity index (χ1) is 22.3. The Balaban J connectivity index is 1.51. The van der Waals surface area contributed by atoms with E-state index in [0.717, 1.165) is 28.5 Å². The second-order valence-electron chi connectivity index (χ2n) is 10.9. The third kappa shape index (κ3) is 8.10. The Morgan fingerprint density at radius 1 is 0.891 bits per heavy atom. The summed E-state index contributed by atoms with van der Waals surface area (Å²) in [5.74, 6) is -1.36. The van der Waals surface area contributed by atoms with Gasteiger partial charge in [0.2, 0.25) is 0 Å². The summed E-state index contributed by atoms with van der Waals surface area (Å²) in [4.78, 5) is 43.0. The molecule has 7 nitrogen and oxygen atoms in total. The van der Waals surface area contributed by atoms with Crippen molar-refractivity contribution in [2.45, 2.75) is 45.5 Å². The molecule has 4 aromatic rings. The standard InChI is InChI=1S/C37H34N2O5S2/c1-2-12-31(36(42)43)39-35(41)33(46-37(39)45)22-29-19-20-32(44-25-28-17-10-5-11-18-28)30(21-29)34(40)38(23-26-13-6-3-7-14-26)24-27-15-8-4-9-16-27/h3-11,13-22,31H,2,12,23-25H2,1H3,(H,42,43). The highest BCUT2D eigenvalue weighted by Crippen LogP contribution is 2.36. The molecule has 0 saturated carbocycles. The zero-order valence-corrected chi connectivity index (χ0v) is 27.0. The summed E-state index contributed by atoms with van der Waals surface area (Å²) < 4.78 is 6.43. The second kappa shape index (κ2) is 15.5. The van der Waals surface area contributed by atoms with Crippen LogP contribution in [-0.4, -0.2) is 43.1 Å². The lowest BCUT2D eigenvalue weighted by Gasteiger charge is -2.25. The number of amides is 2. The molecule has 1 unspecified atom stereocenters. The highest BCUT2D eigenvalue weighted by atomic mass is 32.2. The number of thioether (sulfide) groups is 1. The number of hydrogen-bond donors (Lipinski definition) is 1. The zero-order chi connectivity index (χ0) is 32.5. The number of carbonyl (C=O) groups is 3. The van der Waals surface area contributed by atoms with E-state index >= 15 is 0 Å². The summed E-state index contributed by atoms with van der Waals surface area (Å²) in [5, 5.41) is 9.76. The van der Waals surface area contributed by atoms with Crippen LogP contribution < -0.4 is 4.74 Å². The number of thiocarbonyl (C=S) groups is 1. The van der Waals surface area contributed by atoms with E-state index in [1.807, 2.05) is 97.9 Å². The van der Waals surface area contributed by atoms with Gasteiger partial charge in [0.25, 0.3) is 11.8 Å². The molecule has 234 valence electrons. The van der Waals surface area contributed by atoms with E-state index in [9.17, 15) is 19.5 Å². The normalized spacial score (nSPS) is 14.4. The summed E-state index contributed by atoms with van der Waals surface area (Å²) in [6.45, 7) is 2.89. The van der Waals surface area contributed by atoms with Gasteiger partial charge in [0, 0.05) is 13.1 Å². The Morgan fingerprint density at radius 2 is 1.46 bits per heavy atom. The maximum atomic E-state index is 14.4. The van der Waals surface area contributed by atoms with Gasteiger partial charge in [-0.1, -0.05) is 134 Å². The van der Waals surface area contributed by atoms with Crippen molar-refractivity contribution in [3.63, 3.8) is 0 Å². The van der Waals surface area contributed by atoms with Gasteiger partial charge in [0.05, 0.1) is 10.5 Å². The molecule has 1 heterocycles. The number of aliphatic carboxylic acids is 1. The van der Waals surface area contributed by atoms with Crippen LogP contribution in [0.25, 0.3) is 6.08 Å². The van der Waals surface area contributed by atoms with E-state index < -0.39 is 17.9 Å². The topological polar surface area (TPSA) is 87.1 Å². The van der Waals surface area contributed by atoms with Gasteiger partial charge in [-0.15, -0.1) is 0 Å². The summed E-state index contributed by atoms with van der Waals surface area (Å²) in [6, 6.07) is 33.5. The van der Waals surface area contributed by atoms with Crippen molar-refractivity contribution in [3.05, 3.63) is 142 Å². The molecule has 2 amide bonds. The van der Waals surface area contributed by atoms with Crippen LogP contribution in [0.3, 0.4) is 0 Å². The van der Waals surface area contributed by atoms with Gasteiger partial charge in [0.15, 0.2) is 0 Å². The molecule has 1 atom stereocenters. The van der Waals surface area contributed by atoms with Gasteiger partial charge in [0.1, 0.15) is 22.7 Å². The number of carbonyl (C=O) groups excluding carboxylic acids is 2. The largest absolute Gasteiger partial charge is 0.488 e. The number of benzene rings is 4. The van der Waals surface area contributed by atoms with E-state index in [1.165, 1.54) is 4.90 Å². The minimum absolute atomic E-state index is 0.202. The van der Waals surface area contributed by atoms with E-state index in [1.54, 1.807) is 29.2 Å². The van der Waals surface area contributed by atoms with Gasteiger partial charge in [-0.3, -0.25) is 14.5 Å². The van der Waals surface area contributed by atoms with E-state index in [4.69, 9.17) is 17.0 Å². The molecule has 1 N–H and O–H groups in total. The molecule has 5 rings (SSSR count). The molecule has 1 aliphatic rings. The number of hydrogen-bond acceptors (Lipinski definition) is 6. The molecular weight excluding hydrogens is 617 g/mol. The van der Waals surface area contributed by atoms with Crippen molar-refractivity contribution in [2.24, 2.45) is 0 Å². The van der Waals surface area contributed by atoms with Crippen molar-refractivity contribution in [1.29, 1.82) is 0 Å². The van der Waals surface area contributed by atoms with Gasteiger partial charge in [-0.05, 0) is 46.9 Å². The summed E-state index contributed by atoms with van der Waals surface area (Å²) in [6.07, 6.45) is 2.53. The predicted molar refractivity (Wildman–Crippen MR) is 185 cm³/mol. The van der Waals surface area contributed by atoms with Crippen LogP contribution in [0.5, 0.6) is 5.75 Å². The Morgan fingerprint density at radius 3 is 2.00 bits per heavy atom. The number of carboxylic acids is 1. The molecule has 4 aromatic carbocycles. The number of nitrogens with zero attached hydrogens (tertiary/aromatic N) is 2. The number of ether oxygens (including phenoxy) is 1. The van der Waals surface area contributed by atoms with Crippen molar-refractivity contribution in [2.75, 3.05) is 0 Å². The minimum Gasteiger partial charge on any atom is -0.488 e. The smallest absolute Gasteiger partial charge is 0.326 e. The van der Waals surface area contributed by atoms with Crippen molar-refractivity contribution in [1.82, 2.24) is 9.80 Å². The van der Waals surface area contributed by atoms with Crippen molar-refractivity contribution < 1.29 is 24.2 Å². The summed E-state index contributed by atoms with van der Waals surface area (Å²) in [5.41, 5.74) is 3.87. The summed E-state index contributed by atoms with van der Waals surface area (Å²) >= 11 is 6.49. The Bertz CT molecular complexity index is 1690. The van der Waals surface area contributed by atoms with Gasteiger partial charge in [-0.25, -0.2) is 4.79 Å². The van der Waals surface area contributed by atoms with E-state index in [2.05, 4.69) is 0 Å². The van der Waals surface area contributed by atoms with Crippen molar-refractivity contribution in [3.8, 4) is 5.75 Å². The lowest BCUT2D eigenvalue weighted by atomic mass is 10.1. The van der Waals surface area contributed by atoms with Crippen LogP contribution in [0.15, 0.2) is 114 Å². The molecule has 0 radical (unpaired) electrons. The fourth-order valence-electron chi connectivity index (χ4n) is 5.18. The fraction of sp³-hybridized carbons (Fsp3) is 0.189. The van der Waals surface area contributed by atoms with Crippen LogP contribution in [0, 0.1) is 0 Å². The first-order valence-electron chi connectivity index (χ1n) is 15.0. The Kier molecular flexibility index (Phi) is 11.0. The maximum Gasteiger partial charge on any atom is 0.326 e. The Hall–Kier alpha value is -4.73. The fourth-order valence-corrected chi connectivity index (χ4v) is 6.54. The monoisotopic (exact) mass is 650 g/mol. The van der Waals surface area contributed by atoms with Gasteiger partial charge >= 0.3 is 5.97 Å². The molecular formula is C37H34N2O5S2. The van der Waals surface area contributed by atoms with Gasteiger partial charge < -0.3 is 14.7 Å². The molecule has 0 aromatic heterocycles. The quantitative estimate of drug-likeness (QED) is 0.118. The van der Waals surface area contributed by atoms with Crippen molar-refractivity contribution >= 4 is 52.2 Å². The van der Waals surface area contributed by atoms with Crippen LogP contribution >= 0.6 is 24.0 Å². The second-order valence-corrected chi connectivity index (χ2v) is 12.5. The minimum atomic E-state index is -1.09. The highest BCUT2D eigenvalue weighted by Gasteiger charge is 2.40. The first-order valence-corrected chi connectivity index (χ1v) is 16.2. The molecule has 0 bridgehead atoms. The molecule has 1 saturated heterocycles. The average molecular weight is 651 g/mol. The van der Waals surface area contributed by atoms with Crippen LogP contribution in [0.1, 0.15) is 52.4 Å². The third-order valence-electron chi connectivity index (χ3n) is 7.47.